The first kappa shape index (κ1) is 43.6. The zero-order chi connectivity index (χ0) is 37.8. The number of halogens is 22. The summed E-state index contributed by atoms with van der Waals surface area (Å²) in [4.78, 5) is 11.5. The molecule has 0 aromatic carbocycles. The third kappa shape index (κ3) is 6.51. The second-order valence-corrected chi connectivity index (χ2v) is 9.41. The number of aliphatic hydroxyl groups is 2. The van der Waals surface area contributed by atoms with Crippen LogP contribution in [0, 0.1) is 5.92 Å². The summed E-state index contributed by atoms with van der Waals surface area (Å²) < 4.78 is 305. The van der Waals surface area contributed by atoms with Gasteiger partial charge in [0.25, 0.3) is 0 Å². The van der Waals surface area contributed by atoms with Crippen LogP contribution in [0.15, 0.2) is 12.2 Å². The van der Waals surface area contributed by atoms with E-state index in [4.69, 9.17) is 5.11 Å². The summed E-state index contributed by atoms with van der Waals surface area (Å²) in [5.41, 5.74) is -6.62. The molecule has 46 heavy (non-hydrogen) atoms. The SMILES string of the molecule is C=C(C)C(=O)OCC(O)(CCCO)C(C(F)(F)C(F)(F)C(F)(F)C(F)(F)F)C(F)(F)C(F)(F)C(F)(F)C(F)(F)C(F)(F)C(F)(F)F. The average Bonchev–Trinajstić information content (AvgIpc) is 2.83. The Hall–Kier alpha value is -2.41. The molecule has 0 aromatic rings. The molecule has 0 spiro atoms. The fourth-order valence-corrected chi connectivity index (χ4v) is 3.43. The van der Waals surface area contributed by atoms with Crippen molar-refractivity contribution in [1.82, 2.24) is 0 Å². The van der Waals surface area contributed by atoms with Crippen LogP contribution in [-0.2, 0) is 9.53 Å². The first-order valence-corrected chi connectivity index (χ1v) is 11.1. The third-order valence-corrected chi connectivity index (χ3v) is 5.96. The van der Waals surface area contributed by atoms with Crippen LogP contribution in [0.1, 0.15) is 19.8 Å². The standard InChI is InChI=1S/C20H16F22O4/c1-7(2)8(44)46-6-10(45,4-3-5-43)9(12(23,24)14(27,28)17(33,34)19(37,38)39)11(21,22)13(25,26)15(29,30)16(31,32)18(35,36)20(40,41)42/h9,43,45H,1,3-6H2,2H3. The highest BCUT2D eigenvalue weighted by Crippen LogP contribution is 2.66. The normalized spacial score (nSPS) is 17.4. The number of carbonyl (C=O) groups is 1. The molecule has 2 N–H and O–H groups in total. The number of carbonyl (C=O) groups excluding carboxylic acids is 1. The Labute approximate surface area is 239 Å². The van der Waals surface area contributed by atoms with Crippen molar-refractivity contribution in [1.29, 1.82) is 0 Å². The molecular formula is C20H16F22O4. The molecule has 2 atom stereocenters. The zero-order valence-electron chi connectivity index (χ0n) is 21.6. The van der Waals surface area contributed by atoms with Crippen LogP contribution in [0.5, 0.6) is 0 Å². The van der Waals surface area contributed by atoms with Gasteiger partial charge in [0.15, 0.2) is 0 Å². The minimum Gasteiger partial charge on any atom is -0.459 e. The molecule has 0 heterocycles. The molecule has 0 saturated heterocycles. The maximum absolute atomic E-state index is 15.1. The van der Waals surface area contributed by atoms with Crippen molar-refractivity contribution in [3.63, 3.8) is 0 Å². The fourth-order valence-electron chi connectivity index (χ4n) is 3.43. The van der Waals surface area contributed by atoms with E-state index in [0.717, 1.165) is 0 Å². The average molecular weight is 738 g/mol. The van der Waals surface area contributed by atoms with Crippen LogP contribution in [0.25, 0.3) is 0 Å². The van der Waals surface area contributed by atoms with Gasteiger partial charge in [0.05, 0.1) is 0 Å². The van der Waals surface area contributed by atoms with Gasteiger partial charge >= 0.3 is 65.7 Å². The number of hydrogen-bond donors (Lipinski definition) is 2. The quantitative estimate of drug-likeness (QED) is 0.104. The molecule has 0 saturated carbocycles. The van der Waals surface area contributed by atoms with Gasteiger partial charge in [-0.1, -0.05) is 6.58 Å². The summed E-state index contributed by atoms with van der Waals surface area (Å²) in [5, 5.41) is 19.1. The number of alkyl halides is 22. The second kappa shape index (κ2) is 12.2. The monoisotopic (exact) mass is 738 g/mol. The Kier molecular flexibility index (Phi) is 11.6. The molecule has 0 bridgehead atoms. The van der Waals surface area contributed by atoms with E-state index in [-0.39, 0.29) is 0 Å². The molecule has 274 valence electrons. The van der Waals surface area contributed by atoms with Gasteiger partial charge < -0.3 is 14.9 Å². The molecule has 0 aliphatic carbocycles. The van der Waals surface area contributed by atoms with E-state index in [9.17, 15) is 97.7 Å². The van der Waals surface area contributed by atoms with Gasteiger partial charge in [-0.2, -0.15) is 96.6 Å². The van der Waals surface area contributed by atoms with Crippen molar-refractivity contribution in [3.05, 3.63) is 12.2 Å². The van der Waals surface area contributed by atoms with Crippen molar-refractivity contribution in [2.24, 2.45) is 5.92 Å². The van der Waals surface area contributed by atoms with Gasteiger partial charge in [0, 0.05) is 12.2 Å². The van der Waals surface area contributed by atoms with Gasteiger partial charge in [-0.15, -0.1) is 0 Å². The lowest BCUT2D eigenvalue weighted by Gasteiger charge is -2.49. The van der Waals surface area contributed by atoms with Crippen LogP contribution < -0.4 is 0 Å². The van der Waals surface area contributed by atoms with Gasteiger partial charge in [-0.3, -0.25) is 0 Å². The molecule has 0 fully saturated rings. The Morgan fingerprint density at radius 1 is 0.609 bits per heavy atom. The maximum Gasteiger partial charge on any atom is 0.460 e. The van der Waals surface area contributed by atoms with E-state index in [1.54, 1.807) is 0 Å². The minimum absolute atomic E-state index is 0.533. The summed E-state index contributed by atoms with van der Waals surface area (Å²) in [6.07, 6.45) is -20.5. The molecule has 0 aliphatic heterocycles. The topological polar surface area (TPSA) is 66.8 Å². The number of ether oxygens (including phenoxy) is 1. The molecule has 0 aliphatic rings. The minimum atomic E-state index is -9.11. The summed E-state index contributed by atoms with van der Waals surface area (Å²) in [6.45, 7) is -1.58. The molecular weight excluding hydrogens is 722 g/mol. The summed E-state index contributed by atoms with van der Waals surface area (Å²) in [7, 11) is 0. The lowest BCUT2D eigenvalue weighted by molar-refractivity contribution is -0.462. The molecule has 2 unspecified atom stereocenters. The van der Waals surface area contributed by atoms with E-state index in [0.29, 0.717) is 6.92 Å². The third-order valence-electron chi connectivity index (χ3n) is 5.96. The number of aliphatic hydroxyl groups excluding tert-OH is 1. The Morgan fingerprint density at radius 2 is 0.913 bits per heavy atom. The number of hydrogen-bond acceptors (Lipinski definition) is 4. The highest BCUT2D eigenvalue weighted by molar-refractivity contribution is 5.86. The van der Waals surface area contributed by atoms with E-state index in [2.05, 4.69) is 11.3 Å². The van der Waals surface area contributed by atoms with Crippen molar-refractivity contribution in [2.45, 2.75) is 85.1 Å². The van der Waals surface area contributed by atoms with Crippen LogP contribution in [0.4, 0.5) is 96.6 Å². The van der Waals surface area contributed by atoms with Crippen molar-refractivity contribution in [3.8, 4) is 0 Å². The predicted molar refractivity (Wildman–Crippen MR) is 102 cm³/mol. The molecule has 0 radical (unpaired) electrons. The Bertz CT molecular complexity index is 1110. The largest absolute Gasteiger partial charge is 0.460 e. The first-order valence-electron chi connectivity index (χ1n) is 11.1. The van der Waals surface area contributed by atoms with Crippen LogP contribution in [-0.4, -0.2) is 94.7 Å². The molecule has 0 aromatic heterocycles. The lowest BCUT2D eigenvalue weighted by Crippen LogP contribution is -2.76. The molecule has 0 rings (SSSR count). The predicted octanol–water partition coefficient (Wildman–Crippen LogP) is 7.43. The van der Waals surface area contributed by atoms with E-state index >= 15 is 8.78 Å². The van der Waals surface area contributed by atoms with Crippen molar-refractivity contribution >= 4 is 5.97 Å². The first-order chi connectivity index (χ1) is 19.8. The molecule has 4 nitrogen and oxygen atoms in total. The maximum atomic E-state index is 15.1. The Morgan fingerprint density at radius 3 is 1.22 bits per heavy atom. The van der Waals surface area contributed by atoms with Crippen LogP contribution in [0.2, 0.25) is 0 Å². The Balaban J connectivity index is 8.21. The van der Waals surface area contributed by atoms with E-state index < -0.39 is 109 Å². The van der Waals surface area contributed by atoms with Crippen LogP contribution in [0.3, 0.4) is 0 Å². The van der Waals surface area contributed by atoms with Crippen molar-refractivity contribution in [2.75, 3.05) is 13.2 Å². The van der Waals surface area contributed by atoms with Gasteiger partial charge in [0.2, 0.25) is 0 Å². The van der Waals surface area contributed by atoms with Gasteiger partial charge in [-0.05, 0) is 19.8 Å². The summed E-state index contributed by atoms with van der Waals surface area (Å²) in [6, 6.07) is 0. The second-order valence-electron chi connectivity index (χ2n) is 9.41. The van der Waals surface area contributed by atoms with Gasteiger partial charge in [0.1, 0.15) is 18.1 Å². The van der Waals surface area contributed by atoms with Crippen molar-refractivity contribution < 1.29 is 116 Å². The molecule has 26 heteroatoms. The smallest absolute Gasteiger partial charge is 0.459 e. The lowest BCUT2D eigenvalue weighted by atomic mass is 9.70. The number of rotatable bonds is 15. The fraction of sp³-hybridized carbons (Fsp3) is 0.850. The van der Waals surface area contributed by atoms with E-state index in [1.165, 1.54) is 0 Å². The molecule has 0 amide bonds. The van der Waals surface area contributed by atoms with E-state index in [1.807, 2.05) is 0 Å². The van der Waals surface area contributed by atoms with Crippen LogP contribution >= 0.6 is 0 Å². The number of esters is 1. The summed E-state index contributed by atoms with van der Waals surface area (Å²) in [5.74, 6) is -79.0. The summed E-state index contributed by atoms with van der Waals surface area (Å²) >= 11 is 0. The highest BCUT2D eigenvalue weighted by Gasteiger charge is 2.95. The zero-order valence-corrected chi connectivity index (χ0v) is 21.6. The highest BCUT2D eigenvalue weighted by atomic mass is 19.4. The van der Waals surface area contributed by atoms with Gasteiger partial charge in [-0.25, -0.2) is 4.79 Å².